The zero-order valence-electron chi connectivity index (χ0n) is 10.4. The third-order valence-corrected chi connectivity index (χ3v) is 3.67. The molecule has 0 saturated carbocycles. The first kappa shape index (κ1) is 14.6. The molecule has 104 valence electrons. The molecule has 0 aliphatic carbocycles. The normalized spacial score (nSPS) is 11.0. The van der Waals surface area contributed by atoms with Crippen molar-refractivity contribution in [3.8, 4) is 16.9 Å². The van der Waals surface area contributed by atoms with Crippen molar-refractivity contribution in [2.75, 3.05) is 7.11 Å². The summed E-state index contributed by atoms with van der Waals surface area (Å²) in [6.45, 7) is 0. The number of benzene rings is 2. The standard InChI is InChI=1S/C14H10Cl2FNO2/c1-20-12-5-3-8(6-11(12)17)10-4-2-9(7-18-19)13(15)14(10)16/h2-7,19H,1H3/b18-7+. The maximum absolute atomic E-state index is 13.7. The van der Waals surface area contributed by atoms with Gasteiger partial charge in [-0.2, -0.15) is 0 Å². The van der Waals surface area contributed by atoms with Crippen molar-refractivity contribution < 1.29 is 14.3 Å². The highest BCUT2D eigenvalue weighted by molar-refractivity contribution is 6.45. The monoisotopic (exact) mass is 313 g/mol. The lowest BCUT2D eigenvalue weighted by molar-refractivity contribution is 0.322. The van der Waals surface area contributed by atoms with E-state index in [1.54, 1.807) is 18.2 Å². The van der Waals surface area contributed by atoms with Gasteiger partial charge in [-0.05, 0) is 17.7 Å². The van der Waals surface area contributed by atoms with E-state index in [9.17, 15) is 4.39 Å². The van der Waals surface area contributed by atoms with Crippen LogP contribution in [0, 0.1) is 5.82 Å². The lowest BCUT2D eigenvalue weighted by Crippen LogP contribution is -1.91. The minimum absolute atomic E-state index is 0.153. The molecule has 0 aromatic heterocycles. The molecule has 3 nitrogen and oxygen atoms in total. The average Bonchev–Trinajstić information content (AvgIpc) is 2.44. The van der Waals surface area contributed by atoms with Gasteiger partial charge in [-0.15, -0.1) is 0 Å². The van der Waals surface area contributed by atoms with Crippen molar-refractivity contribution in [1.29, 1.82) is 0 Å². The van der Waals surface area contributed by atoms with Crippen molar-refractivity contribution in [3.05, 3.63) is 51.8 Å². The van der Waals surface area contributed by atoms with Crippen LogP contribution in [0.3, 0.4) is 0 Å². The highest BCUT2D eigenvalue weighted by Crippen LogP contribution is 2.36. The highest BCUT2D eigenvalue weighted by atomic mass is 35.5. The summed E-state index contributed by atoms with van der Waals surface area (Å²) in [6.07, 6.45) is 1.17. The topological polar surface area (TPSA) is 41.8 Å². The second-order valence-electron chi connectivity index (χ2n) is 3.92. The summed E-state index contributed by atoms with van der Waals surface area (Å²) in [6, 6.07) is 7.81. The first-order valence-electron chi connectivity index (χ1n) is 5.57. The summed E-state index contributed by atoms with van der Waals surface area (Å²) in [5.41, 5.74) is 1.62. The van der Waals surface area contributed by atoms with Crippen LogP contribution >= 0.6 is 23.2 Å². The third kappa shape index (κ3) is 2.71. The van der Waals surface area contributed by atoms with Crippen molar-refractivity contribution in [2.24, 2.45) is 5.16 Å². The van der Waals surface area contributed by atoms with Crippen LogP contribution in [-0.4, -0.2) is 18.5 Å². The molecule has 0 heterocycles. The largest absolute Gasteiger partial charge is 0.494 e. The summed E-state index contributed by atoms with van der Waals surface area (Å²) in [4.78, 5) is 0. The average molecular weight is 314 g/mol. The van der Waals surface area contributed by atoms with E-state index in [-0.39, 0.29) is 15.8 Å². The van der Waals surface area contributed by atoms with Crippen molar-refractivity contribution in [3.63, 3.8) is 0 Å². The van der Waals surface area contributed by atoms with Crippen molar-refractivity contribution in [2.45, 2.75) is 0 Å². The van der Waals surface area contributed by atoms with Crippen LogP contribution in [0.5, 0.6) is 5.75 Å². The smallest absolute Gasteiger partial charge is 0.165 e. The second-order valence-corrected chi connectivity index (χ2v) is 4.68. The van der Waals surface area contributed by atoms with E-state index in [0.717, 1.165) is 0 Å². The van der Waals surface area contributed by atoms with Crippen molar-refractivity contribution >= 4 is 29.4 Å². The molecule has 2 aromatic carbocycles. The van der Waals surface area contributed by atoms with Gasteiger partial charge in [0.25, 0.3) is 0 Å². The molecule has 1 N–H and O–H groups in total. The Hall–Kier alpha value is -1.78. The SMILES string of the molecule is COc1ccc(-c2ccc(/C=N/O)c(Cl)c2Cl)cc1F. The van der Waals surface area contributed by atoms with Gasteiger partial charge in [0.15, 0.2) is 11.6 Å². The molecule has 0 fully saturated rings. The molecule has 2 rings (SSSR count). The fourth-order valence-electron chi connectivity index (χ4n) is 1.78. The molecule has 0 spiro atoms. The van der Waals surface area contributed by atoms with Gasteiger partial charge in [0.1, 0.15) is 0 Å². The molecular formula is C14H10Cl2FNO2. The molecule has 0 atom stereocenters. The van der Waals surface area contributed by atoms with E-state index in [2.05, 4.69) is 5.16 Å². The number of hydrogen-bond donors (Lipinski definition) is 1. The number of nitrogens with zero attached hydrogens (tertiary/aromatic N) is 1. The summed E-state index contributed by atoms with van der Waals surface area (Å²) in [5.74, 6) is -0.335. The molecule has 0 aliphatic heterocycles. The van der Waals surface area contributed by atoms with Gasteiger partial charge in [0.05, 0.1) is 23.4 Å². The number of oxime groups is 1. The van der Waals surface area contributed by atoms with Crippen LogP contribution in [-0.2, 0) is 0 Å². The predicted octanol–water partition coefficient (Wildman–Crippen LogP) is 4.62. The Morgan fingerprint density at radius 3 is 2.55 bits per heavy atom. The van der Waals surface area contributed by atoms with E-state index in [4.69, 9.17) is 33.1 Å². The van der Waals surface area contributed by atoms with Gasteiger partial charge >= 0.3 is 0 Å². The first-order valence-corrected chi connectivity index (χ1v) is 6.33. The molecule has 0 radical (unpaired) electrons. The Balaban J connectivity index is 2.53. The maximum Gasteiger partial charge on any atom is 0.165 e. The Morgan fingerprint density at radius 2 is 1.95 bits per heavy atom. The van der Waals surface area contributed by atoms with Crippen LogP contribution in [0.25, 0.3) is 11.1 Å². The molecule has 0 bridgehead atoms. The summed E-state index contributed by atoms with van der Waals surface area (Å²) >= 11 is 12.2. The van der Waals surface area contributed by atoms with E-state index >= 15 is 0 Å². The molecule has 0 amide bonds. The molecule has 0 unspecified atom stereocenters. The van der Waals surface area contributed by atoms with Gasteiger partial charge in [-0.25, -0.2) is 4.39 Å². The number of ether oxygens (including phenoxy) is 1. The molecule has 2 aromatic rings. The van der Waals surface area contributed by atoms with E-state index < -0.39 is 5.82 Å². The first-order chi connectivity index (χ1) is 9.58. The summed E-state index contributed by atoms with van der Waals surface area (Å²) in [7, 11) is 1.39. The van der Waals surface area contributed by atoms with Crippen LogP contribution in [0.2, 0.25) is 10.0 Å². The van der Waals surface area contributed by atoms with E-state index in [1.807, 2.05) is 0 Å². The maximum atomic E-state index is 13.7. The number of halogens is 3. The third-order valence-electron chi connectivity index (χ3n) is 2.77. The van der Waals surface area contributed by atoms with Crippen molar-refractivity contribution in [1.82, 2.24) is 0 Å². The van der Waals surface area contributed by atoms with Crippen LogP contribution in [0.15, 0.2) is 35.5 Å². The van der Waals surface area contributed by atoms with Gasteiger partial charge in [-0.3, -0.25) is 0 Å². The predicted molar refractivity (Wildman–Crippen MR) is 77.8 cm³/mol. The minimum Gasteiger partial charge on any atom is -0.494 e. The lowest BCUT2D eigenvalue weighted by Gasteiger charge is -2.09. The van der Waals surface area contributed by atoms with E-state index in [0.29, 0.717) is 16.7 Å². The number of hydrogen-bond acceptors (Lipinski definition) is 3. The van der Waals surface area contributed by atoms with Crippen LogP contribution < -0.4 is 4.74 Å². The summed E-state index contributed by atoms with van der Waals surface area (Å²) < 4.78 is 18.6. The van der Waals surface area contributed by atoms with Gasteiger partial charge < -0.3 is 9.94 Å². The summed E-state index contributed by atoms with van der Waals surface area (Å²) in [5, 5.41) is 11.9. The fourth-order valence-corrected chi connectivity index (χ4v) is 2.28. The Bertz CT molecular complexity index is 674. The Labute approximate surface area is 125 Å². The van der Waals surface area contributed by atoms with Gasteiger partial charge in [-0.1, -0.05) is 46.6 Å². The minimum atomic E-state index is -0.488. The quantitative estimate of drug-likeness (QED) is 0.510. The second kappa shape index (κ2) is 6.11. The lowest BCUT2D eigenvalue weighted by atomic mass is 10.0. The van der Waals surface area contributed by atoms with E-state index in [1.165, 1.54) is 25.5 Å². The molecular weight excluding hydrogens is 304 g/mol. The number of methoxy groups -OCH3 is 1. The zero-order valence-corrected chi connectivity index (χ0v) is 11.9. The fraction of sp³-hybridized carbons (Fsp3) is 0.0714. The van der Waals surface area contributed by atoms with Gasteiger partial charge in [0.2, 0.25) is 0 Å². The highest BCUT2D eigenvalue weighted by Gasteiger charge is 2.12. The van der Waals surface area contributed by atoms with Crippen LogP contribution in [0.4, 0.5) is 4.39 Å². The molecule has 20 heavy (non-hydrogen) atoms. The number of rotatable bonds is 3. The molecule has 0 saturated heterocycles. The Kier molecular flexibility index (Phi) is 4.47. The molecule has 6 heteroatoms. The van der Waals surface area contributed by atoms with Crippen LogP contribution in [0.1, 0.15) is 5.56 Å². The Morgan fingerprint density at radius 1 is 1.20 bits per heavy atom. The zero-order chi connectivity index (χ0) is 14.7. The van der Waals surface area contributed by atoms with Gasteiger partial charge in [0, 0.05) is 11.1 Å². The molecule has 0 aliphatic rings.